The van der Waals surface area contributed by atoms with E-state index < -0.39 is 0 Å². The smallest absolute Gasteiger partial charge is 0.291 e. The molecule has 1 unspecified atom stereocenters. The monoisotopic (exact) mass is 372 g/mol. The quantitative estimate of drug-likeness (QED) is 0.707. The molecule has 3 aromatic rings. The normalized spacial score (nSPS) is 18.1. The van der Waals surface area contributed by atoms with Crippen LogP contribution in [0.15, 0.2) is 22.3 Å². The molecule has 4 rings (SSSR count). The molecule has 0 bridgehead atoms. The first-order valence-corrected chi connectivity index (χ1v) is 10.3. The van der Waals surface area contributed by atoms with Crippen molar-refractivity contribution >= 4 is 33.0 Å². The summed E-state index contributed by atoms with van der Waals surface area (Å²) in [7, 11) is 0. The van der Waals surface area contributed by atoms with Crippen LogP contribution in [0.25, 0.3) is 15.7 Å². The summed E-state index contributed by atoms with van der Waals surface area (Å²) in [5.74, 6) is 0.839. The van der Waals surface area contributed by atoms with E-state index in [1.165, 1.54) is 4.68 Å². The molecule has 3 aromatic heterocycles. The Labute approximate surface area is 156 Å². The van der Waals surface area contributed by atoms with E-state index in [0.29, 0.717) is 5.52 Å². The van der Waals surface area contributed by atoms with Crippen molar-refractivity contribution in [1.29, 1.82) is 0 Å². The first-order valence-electron chi connectivity index (χ1n) is 9.38. The molecule has 0 radical (unpaired) electrons. The van der Waals surface area contributed by atoms with Crippen LogP contribution >= 0.6 is 11.3 Å². The van der Waals surface area contributed by atoms with Gasteiger partial charge in [-0.15, -0.1) is 11.3 Å². The first kappa shape index (κ1) is 17.3. The van der Waals surface area contributed by atoms with Crippen molar-refractivity contribution < 1.29 is 4.79 Å². The Balaban J connectivity index is 1.76. The third kappa shape index (κ3) is 2.84. The number of thiophene rings is 1. The van der Waals surface area contributed by atoms with E-state index in [0.717, 1.165) is 54.7 Å². The molecule has 1 fully saturated rings. The van der Waals surface area contributed by atoms with Gasteiger partial charge >= 0.3 is 0 Å². The number of piperidine rings is 1. The molecule has 0 N–H and O–H groups in total. The average Bonchev–Trinajstić information content (AvgIpc) is 3.20. The molecule has 26 heavy (non-hydrogen) atoms. The van der Waals surface area contributed by atoms with Crippen LogP contribution in [0.2, 0.25) is 0 Å². The fourth-order valence-corrected chi connectivity index (χ4v) is 4.80. The van der Waals surface area contributed by atoms with Crippen molar-refractivity contribution in [3.05, 3.63) is 33.7 Å². The lowest BCUT2D eigenvalue weighted by molar-refractivity contribution is -0.135. The molecule has 0 aliphatic carbocycles. The van der Waals surface area contributed by atoms with Crippen LogP contribution in [0.3, 0.4) is 0 Å². The Kier molecular flexibility index (Phi) is 4.56. The number of carbonyl (C=O) groups is 1. The van der Waals surface area contributed by atoms with E-state index in [4.69, 9.17) is 0 Å². The Bertz CT molecular complexity index is 1020. The van der Waals surface area contributed by atoms with Crippen LogP contribution in [0, 0.1) is 0 Å². The van der Waals surface area contributed by atoms with E-state index in [1.54, 1.807) is 11.3 Å². The minimum Gasteiger partial charge on any atom is -0.338 e. The van der Waals surface area contributed by atoms with Gasteiger partial charge < -0.3 is 4.90 Å². The topological polar surface area (TPSA) is 59.6 Å². The van der Waals surface area contributed by atoms with Gasteiger partial charge in [0.15, 0.2) is 0 Å². The Morgan fingerprint density at radius 3 is 3.00 bits per heavy atom. The van der Waals surface area contributed by atoms with Gasteiger partial charge in [-0.25, -0.2) is 4.68 Å². The number of fused-ring (bicyclic) bond motifs is 3. The summed E-state index contributed by atoms with van der Waals surface area (Å²) in [4.78, 5) is 28.7. The van der Waals surface area contributed by atoms with E-state index in [-0.39, 0.29) is 24.1 Å². The van der Waals surface area contributed by atoms with Gasteiger partial charge in [0.2, 0.25) is 5.91 Å². The lowest BCUT2D eigenvalue weighted by Crippen LogP contribution is -2.45. The van der Waals surface area contributed by atoms with Gasteiger partial charge in [-0.2, -0.15) is 5.10 Å². The van der Waals surface area contributed by atoms with Gasteiger partial charge in [0.25, 0.3) is 5.56 Å². The van der Waals surface area contributed by atoms with E-state index in [9.17, 15) is 9.59 Å². The summed E-state index contributed by atoms with van der Waals surface area (Å²) in [5, 5.41) is 7.66. The number of carbonyl (C=O) groups excluding carboxylic acids is 1. The molecule has 0 spiro atoms. The predicted molar refractivity (Wildman–Crippen MR) is 104 cm³/mol. The SMILES string of the molecule is CCCc1nn(CC(=O)N2CCCCC2C)c(=O)c2cc3ccsc3n12. The van der Waals surface area contributed by atoms with Crippen molar-refractivity contribution in [3.8, 4) is 0 Å². The highest BCUT2D eigenvalue weighted by atomic mass is 32.1. The Hall–Kier alpha value is -2.15. The van der Waals surface area contributed by atoms with Crippen LogP contribution in [0.1, 0.15) is 45.4 Å². The van der Waals surface area contributed by atoms with Gasteiger partial charge in [0.1, 0.15) is 22.7 Å². The zero-order valence-electron chi connectivity index (χ0n) is 15.3. The summed E-state index contributed by atoms with van der Waals surface area (Å²) in [5.41, 5.74) is 0.427. The largest absolute Gasteiger partial charge is 0.338 e. The van der Waals surface area contributed by atoms with Crippen LogP contribution in [0.4, 0.5) is 0 Å². The maximum atomic E-state index is 13.0. The standard InChI is InChI=1S/C19H24N4O2S/c1-3-6-16-20-22(12-17(24)21-9-5-4-7-13(21)2)18(25)15-11-14-8-10-26-19(14)23(15)16/h8,10-11,13H,3-7,9,12H2,1-2H3. The fraction of sp³-hybridized carbons (Fsp3) is 0.526. The Morgan fingerprint density at radius 2 is 2.23 bits per heavy atom. The molecule has 4 heterocycles. The third-order valence-electron chi connectivity index (χ3n) is 5.24. The number of rotatable bonds is 4. The maximum absolute atomic E-state index is 13.0. The summed E-state index contributed by atoms with van der Waals surface area (Å²) < 4.78 is 3.34. The van der Waals surface area contributed by atoms with E-state index in [2.05, 4.69) is 18.9 Å². The zero-order valence-corrected chi connectivity index (χ0v) is 16.1. The van der Waals surface area contributed by atoms with E-state index >= 15 is 0 Å². The molecular weight excluding hydrogens is 348 g/mol. The van der Waals surface area contributed by atoms with Crippen LogP contribution in [-0.2, 0) is 17.8 Å². The summed E-state index contributed by atoms with van der Waals surface area (Å²) in [6.45, 7) is 4.98. The van der Waals surface area contributed by atoms with Crippen molar-refractivity contribution in [1.82, 2.24) is 19.1 Å². The van der Waals surface area contributed by atoms with Crippen molar-refractivity contribution in [3.63, 3.8) is 0 Å². The van der Waals surface area contributed by atoms with Crippen LogP contribution < -0.4 is 5.56 Å². The fourth-order valence-electron chi connectivity index (χ4n) is 3.88. The molecule has 7 heteroatoms. The maximum Gasteiger partial charge on any atom is 0.291 e. The average molecular weight is 372 g/mol. The number of aryl methyl sites for hydroxylation is 1. The number of nitrogens with zero attached hydrogens (tertiary/aromatic N) is 4. The number of likely N-dealkylation sites (tertiary alicyclic amines) is 1. The van der Waals surface area contributed by atoms with Crippen molar-refractivity contribution in [2.45, 2.75) is 58.5 Å². The Morgan fingerprint density at radius 1 is 1.38 bits per heavy atom. The number of aromatic nitrogens is 3. The number of hydrogen-bond donors (Lipinski definition) is 0. The molecule has 1 aliphatic rings. The van der Waals surface area contributed by atoms with Crippen LogP contribution in [-0.4, -0.2) is 37.6 Å². The van der Waals surface area contributed by atoms with E-state index in [1.807, 2.05) is 26.8 Å². The highest BCUT2D eigenvalue weighted by Crippen LogP contribution is 2.25. The minimum absolute atomic E-state index is 0.00744. The summed E-state index contributed by atoms with van der Waals surface area (Å²) in [6.07, 6.45) is 4.93. The van der Waals surface area contributed by atoms with Gasteiger partial charge in [-0.1, -0.05) is 6.92 Å². The minimum atomic E-state index is -0.189. The summed E-state index contributed by atoms with van der Waals surface area (Å²) in [6, 6.07) is 4.18. The number of amides is 1. The second kappa shape index (κ2) is 6.87. The molecule has 1 aliphatic heterocycles. The third-order valence-corrected chi connectivity index (χ3v) is 6.15. The molecule has 0 aromatic carbocycles. The first-order chi connectivity index (χ1) is 12.6. The molecule has 6 nitrogen and oxygen atoms in total. The van der Waals surface area contributed by atoms with Crippen molar-refractivity contribution in [2.75, 3.05) is 6.54 Å². The van der Waals surface area contributed by atoms with Gasteiger partial charge in [-0.05, 0) is 50.1 Å². The highest BCUT2D eigenvalue weighted by Gasteiger charge is 2.24. The van der Waals surface area contributed by atoms with Gasteiger partial charge in [0, 0.05) is 24.4 Å². The second-order valence-corrected chi connectivity index (χ2v) is 8.00. The van der Waals surface area contributed by atoms with Crippen molar-refractivity contribution in [2.24, 2.45) is 0 Å². The van der Waals surface area contributed by atoms with Gasteiger partial charge in [-0.3, -0.25) is 14.0 Å². The van der Waals surface area contributed by atoms with Gasteiger partial charge in [0.05, 0.1) is 0 Å². The highest BCUT2D eigenvalue weighted by molar-refractivity contribution is 7.16. The lowest BCUT2D eigenvalue weighted by atomic mass is 10.0. The molecule has 1 amide bonds. The molecule has 0 saturated carbocycles. The molecule has 1 saturated heterocycles. The van der Waals surface area contributed by atoms with Crippen LogP contribution in [0.5, 0.6) is 0 Å². The molecule has 138 valence electrons. The molecule has 1 atom stereocenters. The number of hydrogen-bond acceptors (Lipinski definition) is 4. The summed E-state index contributed by atoms with van der Waals surface area (Å²) >= 11 is 1.61. The lowest BCUT2D eigenvalue weighted by Gasteiger charge is -2.33. The second-order valence-electron chi connectivity index (χ2n) is 7.11. The zero-order chi connectivity index (χ0) is 18.3. The predicted octanol–water partition coefficient (Wildman–Crippen LogP) is 3.06. The molecular formula is C19H24N4O2S.